The number of carbonyl (C=O) groups excluding carboxylic acids is 1. The predicted octanol–water partition coefficient (Wildman–Crippen LogP) is 4.46. The van der Waals surface area contributed by atoms with Gasteiger partial charge < -0.3 is 20.3 Å². The number of rotatable bonds is 5. The van der Waals surface area contributed by atoms with Crippen LogP contribution in [0.2, 0.25) is 0 Å². The number of anilines is 4. The molecule has 0 aliphatic carbocycles. The lowest BCUT2D eigenvalue weighted by molar-refractivity contribution is 0.102. The number of nitrogens with zero attached hydrogens (tertiary/aromatic N) is 3. The molecule has 0 spiro atoms. The van der Waals surface area contributed by atoms with Crippen LogP contribution in [0.1, 0.15) is 10.5 Å². The molecule has 4 aromatic rings. The fourth-order valence-corrected chi connectivity index (χ4v) is 3.70. The lowest BCUT2D eigenvalue weighted by Crippen LogP contribution is -2.36. The van der Waals surface area contributed by atoms with Crippen molar-refractivity contribution in [3.63, 3.8) is 0 Å². The quantitative estimate of drug-likeness (QED) is 0.491. The molecule has 2 N–H and O–H groups in total. The summed E-state index contributed by atoms with van der Waals surface area (Å²) >= 11 is 0. The van der Waals surface area contributed by atoms with Gasteiger partial charge in [0, 0.05) is 41.7 Å². The Hall–Kier alpha value is -3.97. The van der Waals surface area contributed by atoms with Gasteiger partial charge in [0.1, 0.15) is 11.5 Å². The smallest absolute Gasteiger partial charge is 0.274 e. The third kappa shape index (κ3) is 4.53. The van der Waals surface area contributed by atoms with E-state index in [4.69, 9.17) is 4.74 Å². The van der Waals surface area contributed by atoms with Gasteiger partial charge >= 0.3 is 0 Å². The van der Waals surface area contributed by atoms with Crippen LogP contribution in [-0.2, 0) is 4.74 Å². The summed E-state index contributed by atoms with van der Waals surface area (Å²) in [6.07, 6.45) is 1.77. The first-order valence-corrected chi connectivity index (χ1v) is 10.6. The number of hydrogen-bond acceptors (Lipinski definition) is 6. The van der Waals surface area contributed by atoms with Crippen molar-refractivity contribution in [3.05, 3.63) is 84.7 Å². The second-order valence-electron chi connectivity index (χ2n) is 7.54. The van der Waals surface area contributed by atoms with Crippen molar-refractivity contribution >= 4 is 39.7 Å². The molecule has 0 bridgehead atoms. The Kier molecular flexibility index (Phi) is 5.63. The summed E-state index contributed by atoms with van der Waals surface area (Å²) in [6, 6.07) is 23.0. The van der Waals surface area contributed by atoms with Crippen LogP contribution in [-0.4, -0.2) is 42.2 Å². The van der Waals surface area contributed by atoms with Crippen molar-refractivity contribution in [3.8, 4) is 0 Å². The Morgan fingerprint density at radius 1 is 0.906 bits per heavy atom. The van der Waals surface area contributed by atoms with E-state index in [0.717, 1.165) is 54.3 Å². The lowest BCUT2D eigenvalue weighted by atomic mass is 10.2. The standard InChI is InChI=1S/C25H23N5O2/c31-25(28-19-6-9-21(10-7-19)30-13-15-32-16-14-30)23-4-1-5-24(29-23)27-20-8-11-22-18(17-20)3-2-12-26-22/h1-12,17H,13-16H2,(H,27,29)(H,28,31). The number of aromatic nitrogens is 2. The zero-order valence-electron chi connectivity index (χ0n) is 17.5. The van der Waals surface area contributed by atoms with Crippen molar-refractivity contribution in [2.45, 2.75) is 0 Å². The van der Waals surface area contributed by atoms with Crippen LogP contribution in [0.15, 0.2) is 79.0 Å². The maximum Gasteiger partial charge on any atom is 0.274 e. The maximum absolute atomic E-state index is 12.7. The minimum atomic E-state index is -0.254. The van der Waals surface area contributed by atoms with Crippen LogP contribution in [0.25, 0.3) is 10.9 Å². The second-order valence-corrected chi connectivity index (χ2v) is 7.54. The largest absolute Gasteiger partial charge is 0.378 e. The number of morpholine rings is 1. The topological polar surface area (TPSA) is 79.4 Å². The van der Waals surface area contributed by atoms with E-state index in [1.807, 2.05) is 66.7 Å². The van der Waals surface area contributed by atoms with E-state index in [1.165, 1.54) is 0 Å². The van der Waals surface area contributed by atoms with Gasteiger partial charge in [-0.05, 0) is 60.7 Å². The highest BCUT2D eigenvalue weighted by molar-refractivity contribution is 6.03. The molecule has 32 heavy (non-hydrogen) atoms. The van der Waals surface area contributed by atoms with Gasteiger partial charge in [-0.25, -0.2) is 4.98 Å². The van der Waals surface area contributed by atoms with Gasteiger partial charge in [-0.1, -0.05) is 12.1 Å². The number of hydrogen-bond donors (Lipinski definition) is 2. The minimum Gasteiger partial charge on any atom is -0.378 e. The highest BCUT2D eigenvalue weighted by Gasteiger charge is 2.12. The predicted molar refractivity (Wildman–Crippen MR) is 127 cm³/mol. The molecule has 0 radical (unpaired) electrons. The number of pyridine rings is 2. The summed E-state index contributed by atoms with van der Waals surface area (Å²) in [5.41, 5.74) is 4.01. The van der Waals surface area contributed by atoms with Crippen molar-refractivity contribution < 1.29 is 9.53 Å². The Morgan fingerprint density at radius 2 is 1.72 bits per heavy atom. The molecule has 7 nitrogen and oxygen atoms in total. The molecule has 3 heterocycles. The summed E-state index contributed by atoms with van der Waals surface area (Å²) in [5, 5.41) is 7.22. The normalized spacial score (nSPS) is 13.7. The molecule has 2 aromatic heterocycles. The van der Waals surface area contributed by atoms with Gasteiger partial charge in [-0.2, -0.15) is 0 Å². The zero-order chi connectivity index (χ0) is 21.8. The van der Waals surface area contributed by atoms with Gasteiger partial charge in [0.2, 0.25) is 0 Å². The number of amides is 1. The first kappa shape index (κ1) is 20.0. The number of ether oxygens (including phenoxy) is 1. The molecule has 0 unspecified atom stereocenters. The van der Waals surface area contributed by atoms with Crippen LogP contribution in [0.5, 0.6) is 0 Å². The molecule has 1 aliphatic rings. The number of benzene rings is 2. The molecule has 5 rings (SSSR count). The first-order valence-electron chi connectivity index (χ1n) is 10.6. The van der Waals surface area contributed by atoms with Crippen molar-refractivity contribution in [1.29, 1.82) is 0 Å². The fourth-order valence-electron chi connectivity index (χ4n) is 3.70. The SMILES string of the molecule is O=C(Nc1ccc(N2CCOCC2)cc1)c1cccc(Nc2ccc3ncccc3c2)n1. The van der Waals surface area contributed by atoms with Gasteiger partial charge in [0.25, 0.3) is 5.91 Å². The van der Waals surface area contributed by atoms with E-state index in [0.29, 0.717) is 11.5 Å². The number of nitrogens with one attached hydrogen (secondary N) is 2. The highest BCUT2D eigenvalue weighted by atomic mass is 16.5. The second kappa shape index (κ2) is 9.03. The summed E-state index contributed by atoms with van der Waals surface area (Å²) < 4.78 is 5.40. The highest BCUT2D eigenvalue weighted by Crippen LogP contribution is 2.22. The van der Waals surface area contributed by atoms with Crippen LogP contribution >= 0.6 is 0 Å². The molecule has 1 fully saturated rings. The van der Waals surface area contributed by atoms with Crippen LogP contribution in [0.3, 0.4) is 0 Å². The summed E-state index contributed by atoms with van der Waals surface area (Å²) in [7, 11) is 0. The van der Waals surface area contributed by atoms with E-state index in [2.05, 4.69) is 25.5 Å². The van der Waals surface area contributed by atoms with Crippen molar-refractivity contribution in [1.82, 2.24) is 9.97 Å². The molecular formula is C25H23N5O2. The monoisotopic (exact) mass is 425 g/mol. The van der Waals surface area contributed by atoms with Crippen molar-refractivity contribution in [2.75, 3.05) is 41.8 Å². The average molecular weight is 425 g/mol. The van der Waals surface area contributed by atoms with E-state index >= 15 is 0 Å². The molecule has 0 atom stereocenters. The molecular weight excluding hydrogens is 402 g/mol. The number of fused-ring (bicyclic) bond motifs is 1. The van der Waals surface area contributed by atoms with E-state index < -0.39 is 0 Å². The van der Waals surface area contributed by atoms with Gasteiger partial charge in [0.15, 0.2) is 0 Å². The zero-order valence-corrected chi connectivity index (χ0v) is 17.5. The lowest BCUT2D eigenvalue weighted by Gasteiger charge is -2.28. The van der Waals surface area contributed by atoms with Crippen LogP contribution in [0.4, 0.5) is 22.9 Å². The average Bonchev–Trinajstić information content (AvgIpc) is 2.85. The fraction of sp³-hybridized carbons (Fsp3) is 0.160. The third-order valence-electron chi connectivity index (χ3n) is 5.36. The molecule has 2 aromatic carbocycles. The molecule has 0 saturated carbocycles. The molecule has 1 aliphatic heterocycles. The van der Waals surface area contributed by atoms with E-state index in [-0.39, 0.29) is 5.91 Å². The molecule has 160 valence electrons. The first-order chi connectivity index (χ1) is 15.7. The minimum absolute atomic E-state index is 0.254. The van der Waals surface area contributed by atoms with Gasteiger partial charge in [-0.15, -0.1) is 0 Å². The molecule has 1 amide bonds. The molecule has 1 saturated heterocycles. The maximum atomic E-state index is 12.7. The van der Waals surface area contributed by atoms with Gasteiger partial charge in [0.05, 0.1) is 18.7 Å². The summed E-state index contributed by atoms with van der Waals surface area (Å²) in [4.78, 5) is 23.8. The Balaban J connectivity index is 1.26. The summed E-state index contributed by atoms with van der Waals surface area (Å²) in [5.74, 6) is 0.346. The van der Waals surface area contributed by atoms with Gasteiger partial charge in [-0.3, -0.25) is 9.78 Å². The Bertz CT molecular complexity index is 1240. The van der Waals surface area contributed by atoms with Crippen LogP contribution in [0, 0.1) is 0 Å². The van der Waals surface area contributed by atoms with E-state index in [9.17, 15) is 4.79 Å². The van der Waals surface area contributed by atoms with E-state index in [1.54, 1.807) is 12.3 Å². The molecule has 7 heteroatoms. The summed E-state index contributed by atoms with van der Waals surface area (Å²) in [6.45, 7) is 3.24. The Morgan fingerprint density at radius 3 is 2.56 bits per heavy atom. The Labute approximate surface area is 186 Å². The van der Waals surface area contributed by atoms with Crippen LogP contribution < -0.4 is 15.5 Å². The number of carbonyl (C=O) groups is 1. The third-order valence-corrected chi connectivity index (χ3v) is 5.36. The van der Waals surface area contributed by atoms with Crippen molar-refractivity contribution in [2.24, 2.45) is 0 Å².